The standard InChI is InChI=1S/C13H24O/c1-12(2)8-3-4-9-13(12,14)10-7-11-5-6-11/h11,14H,3-10H2,1-2H3. The van der Waals surface area contributed by atoms with Crippen LogP contribution < -0.4 is 0 Å². The van der Waals surface area contributed by atoms with Crippen molar-refractivity contribution in [3.8, 4) is 0 Å². The van der Waals surface area contributed by atoms with Gasteiger partial charge >= 0.3 is 0 Å². The minimum Gasteiger partial charge on any atom is -0.389 e. The Morgan fingerprint density at radius 3 is 2.36 bits per heavy atom. The molecule has 0 aliphatic heterocycles. The number of aliphatic hydroxyl groups is 1. The van der Waals surface area contributed by atoms with E-state index in [9.17, 15) is 5.11 Å². The highest BCUT2D eigenvalue weighted by molar-refractivity contribution is 4.97. The summed E-state index contributed by atoms with van der Waals surface area (Å²) >= 11 is 0. The molecule has 2 saturated carbocycles. The normalized spacial score (nSPS) is 37.1. The largest absolute Gasteiger partial charge is 0.389 e. The van der Waals surface area contributed by atoms with Crippen LogP contribution in [0.3, 0.4) is 0 Å². The smallest absolute Gasteiger partial charge is 0.0698 e. The summed E-state index contributed by atoms with van der Waals surface area (Å²) in [5.41, 5.74) is -0.200. The van der Waals surface area contributed by atoms with Crippen molar-refractivity contribution in [3.63, 3.8) is 0 Å². The van der Waals surface area contributed by atoms with E-state index in [1.54, 1.807) is 0 Å². The summed E-state index contributed by atoms with van der Waals surface area (Å²) in [5, 5.41) is 10.7. The van der Waals surface area contributed by atoms with Gasteiger partial charge in [0.2, 0.25) is 0 Å². The minimum atomic E-state index is -0.353. The van der Waals surface area contributed by atoms with Crippen LogP contribution in [0.15, 0.2) is 0 Å². The zero-order valence-electron chi connectivity index (χ0n) is 9.68. The molecule has 1 nitrogen and oxygen atoms in total. The molecule has 0 aromatic rings. The zero-order valence-corrected chi connectivity index (χ0v) is 9.68. The van der Waals surface area contributed by atoms with E-state index in [1.807, 2.05) is 0 Å². The highest BCUT2D eigenvalue weighted by Crippen LogP contribution is 2.48. The molecule has 0 heterocycles. The first kappa shape index (κ1) is 10.5. The molecule has 0 radical (unpaired) electrons. The van der Waals surface area contributed by atoms with E-state index in [0.29, 0.717) is 0 Å². The van der Waals surface area contributed by atoms with Gasteiger partial charge in [0.05, 0.1) is 5.60 Å². The second-order valence-electron chi connectivity index (χ2n) is 6.10. The Morgan fingerprint density at radius 1 is 1.14 bits per heavy atom. The van der Waals surface area contributed by atoms with Gasteiger partial charge in [-0.1, -0.05) is 39.5 Å². The molecule has 1 N–H and O–H groups in total. The molecule has 1 heteroatoms. The topological polar surface area (TPSA) is 20.2 Å². The van der Waals surface area contributed by atoms with Gasteiger partial charge in [0.25, 0.3) is 0 Å². The van der Waals surface area contributed by atoms with E-state index in [-0.39, 0.29) is 11.0 Å². The van der Waals surface area contributed by atoms with Crippen molar-refractivity contribution in [1.82, 2.24) is 0 Å². The van der Waals surface area contributed by atoms with Gasteiger partial charge in [0.15, 0.2) is 0 Å². The fourth-order valence-electron chi connectivity index (χ4n) is 2.87. The van der Waals surface area contributed by atoms with Gasteiger partial charge in [-0.05, 0) is 37.0 Å². The predicted octanol–water partition coefficient (Wildman–Crippen LogP) is 3.51. The van der Waals surface area contributed by atoms with E-state index in [1.165, 1.54) is 38.5 Å². The van der Waals surface area contributed by atoms with Gasteiger partial charge < -0.3 is 5.11 Å². The third-order valence-corrected chi connectivity index (χ3v) is 4.56. The molecule has 0 amide bonds. The van der Waals surface area contributed by atoms with Gasteiger partial charge in [0, 0.05) is 0 Å². The molecule has 0 saturated heterocycles. The summed E-state index contributed by atoms with van der Waals surface area (Å²) in [7, 11) is 0. The summed E-state index contributed by atoms with van der Waals surface area (Å²) in [6, 6.07) is 0. The highest BCUT2D eigenvalue weighted by atomic mass is 16.3. The van der Waals surface area contributed by atoms with Crippen molar-refractivity contribution >= 4 is 0 Å². The Labute approximate surface area is 87.9 Å². The van der Waals surface area contributed by atoms with Crippen LogP contribution in [0.1, 0.15) is 65.2 Å². The highest BCUT2D eigenvalue weighted by Gasteiger charge is 2.45. The van der Waals surface area contributed by atoms with Crippen LogP contribution in [0.5, 0.6) is 0 Å². The summed E-state index contributed by atoms with van der Waals surface area (Å²) in [6.07, 6.45) is 9.90. The monoisotopic (exact) mass is 196 g/mol. The first-order valence-corrected chi connectivity index (χ1v) is 6.26. The lowest BCUT2D eigenvalue weighted by molar-refractivity contribution is -0.104. The number of rotatable bonds is 3. The molecule has 0 aromatic heterocycles. The maximum absolute atomic E-state index is 10.7. The second-order valence-corrected chi connectivity index (χ2v) is 6.10. The maximum atomic E-state index is 10.7. The van der Waals surface area contributed by atoms with Gasteiger partial charge in [-0.3, -0.25) is 0 Å². The molecular formula is C13H24O. The van der Waals surface area contributed by atoms with Crippen molar-refractivity contribution in [1.29, 1.82) is 0 Å². The van der Waals surface area contributed by atoms with Crippen LogP contribution in [0, 0.1) is 11.3 Å². The molecule has 2 fully saturated rings. The van der Waals surface area contributed by atoms with Crippen LogP contribution >= 0.6 is 0 Å². The first-order valence-electron chi connectivity index (χ1n) is 6.26. The van der Waals surface area contributed by atoms with Crippen LogP contribution in [0.25, 0.3) is 0 Å². The van der Waals surface area contributed by atoms with Crippen molar-refractivity contribution in [2.75, 3.05) is 0 Å². The van der Waals surface area contributed by atoms with Crippen molar-refractivity contribution in [2.24, 2.45) is 11.3 Å². The van der Waals surface area contributed by atoms with Crippen LogP contribution in [-0.2, 0) is 0 Å². The van der Waals surface area contributed by atoms with E-state index >= 15 is 0 Å². The van der Waals surface area contributed by atoms with E-state index < -0.39 is 0 Å². The lowest BCUT2D eigenvalue weighted by Gasteiger charge is -2.47. The summed E-state index contributed by atoms with van der Waals surface area (Å²) < 4.78 is 0. The van der Waals surface area contributed by atoms with Gasteiger partial charge in [-0.25, -0.2) is 0 Å². The summed E-state index contributed by atoms with van der Waals surface area (Å²) in [5.74, 6) is 0.955. The van der Waals surface area contributed by atoms with Crippen LogP contribution in [-0.4, -0.2) is 10.7 Å². The fraction of sp³-hybridized carbons (Fsp3) is 1.00. The predicted molar refractivity (Wildman–Crippen MR) is 59.2 cm³/mol. The first-order chi connectivity index (χ1) is 6.54. The lowest BCUT2D eigenvalue weighted by Crippen LogP contribution is -2.47. The van der Waals surface area contributed by atoms with Crippen molar-refractivity contribution in [2.45, 2.75) is 70.8 Å². The maximum Gasteiger partial charge on any atom is 0.0698 e. The third-order valence-electron chi connectivity index (χ3n) is 4.56. The number of hydrogen-bond acceptors (Lipinski definition) is 1. The molecule has 2 aliphatic rings. The van der Waals surface area contributed by atoms with Crippen LogP contribution in [0.2, 0.25) is 0 Å². The number of hydrogen-bond donors (Lipinski definition) is 1. The Balaban J connectivity index is 1.94. The zero-order chi connectivity index (χ0) is 10.2. The Morgan fingerprint density at radius 2 is 1.79 bits per heavy atom. The summed E-state index contributed by atoms with van der Waals surface area (Å²) in [4.78, 5) is 0. The Kier molecular flexibility index (Phi) is 2.63. The minimum absolute atomic E-state index is 0.153. The average molecular weight is 196 g/mol. The molecule has 2 aliphatic carbocycles. The molecule has 1 atom stereocenters. The van der Waals surface area contributed by atoms with Crippen molar-refractivity contribution in [3.05, 3.63) is 0 Å². The van der Waals surface area contributed by atoms with Gasteiger partial charge in [-0.15, -0.1) is 0 Å². The summed E-state index contributed by atoms with van der Waals surface area (Å²) in [6.45, 7) is 4.50. The quantitative estimate of drug-likeness (QED) is 0.732. The van der Waals surface area contributed by atoms with E-state index in [2.05, 4.69) is 13.8 Å². The molecular weight excluding hydrogens is 172 g/mol. The second kappa shape index (κ2) is 3.52. The fourth-order valence-corrected chi connectivity index (χ4v) is 2.87. The molecule has 82 valence electrons. The van der Waals surface area contributed by atoms with Crippen molar-refractivity contribution < 1.29 is 5.11 Å². The third kappa shape index (κ3) is 1.98. The average Bonchev–Trinajstić information content (AvgIpc) is 2.91. The van der Waals surface area contributed by atoms with E-state index in [0.717, 1.165) is 18.8 Å². The molecule has 2 rings (SSSR count). The van der Waals surface area contributed by atoms with Gasteiger partial charge in [0.1, 0.15) is 0 Å². The molecule has 0 aromatic carbocycles. The molecule has 14 heavy (non-hydrogen) atoms. The van der Waals surface area contributed by atoms with Crippen LogP contribution in [0.4, 0.5) is 0 Å². The van der Waals surface area contributed by atoms with E-state index in [4.69, 9.17) is 0 Å². The van der Waals surface area contributed by atoms with Gasteiger partial charge in [-0.2, -0.15) is 0 Å². The SMILES string of the molecule is CC1(C)CCCCC1(O)CCC1CC1. The Hall–Kier alpha value is -0.0400. The molecule has 1 unspecified atom stereocenters. The Bertz CT molecular complexity index is 205. The molecule has 0 spiro atoms. The molecule has 0 bridgehead atoms. The lowest BCUT2D eigenvalue weighted by atomic mass is 9.63.